The molecule has 0 saturated carbocycles. The highest BCUT2D eigenvalue weighted by Gasteiger charge is 2.56. The minimum atomic E-state index is -4.94. The molecule has 1 unspecified atom stereocenters. The van der Waals surface area contributed by atoms with Crippen molar-refractivity contribution in [1.82, 2.24) is 4.98 Å². The summed E-state index contributed by atoms with van der Waals surface area (Å²) in [5.41, 5.74) is -3.35. The number of pyridine rings is 1. The number of H-pyrrole nitrogens is 1. The number of aldehydes is 1. The van der Waals surface area contributed by atoms with E-state index in [1.165, 1.54) is 6.07 Å². The van der Waals surface area contributed by atoms with Gasteiger partial charge in [0, 0.05) is 34.6 Å². The molecular formula is C23H22F3NO3. The van der Waals surface area contributed by atoms with Crippen LogP contribution in [0.2, 0.25) is 0 Å². The summed E-state index contributed by atoms with van der Waals surface area (Å²) >= 11 is 0. The lowest BCUT2D eigenvalue weighted by molar-refractivity contribution is -0.266. The second-order valence-corrected chi connectivity index (χ2v) is 8.21. The molecular weight excluding hydrogens is 395 g/mol. The molecule has 0 aliphatic heterocycles. The van der Waals surface area contributed by atoms with E-state index in [1.54, 1.807) is 56.3 Å². The summed E-state index contributed by atoms with van der Waals surface area (Å²) in [6.07, 6.45) is -5.77. The Balaban J connectivity index is 2.01. The predicted octanol–water partition coefficient (Wildman–Crippen LogP) is 4.54. The molecule has 0 amide bonds. The fraction of sp³-hybridized carbons (Fsp3) is 0.304. The molecule has 1 aromatic heterocycles. The molecule has 158 valence electrons. The average Bonchev–Trinajstić information content (AvgIpc) is 2.67. The standard InChI is InChI=1S/C23H22F3NO3/c1-21(2,16-7-5-6-15(10-16)13-28)14-22(30,23(24,25)26)12-17-11-20(29)18-8-3-4-9-19(18)27-17/h3-11,13,30H,12,14H2,1-2H3,(H,27,29). The fourth-order valence-electron chi connectivity index (χ4n) is 3.79. The van der Waals surface area contributed by atoms with E-state index < -0.39 is 35.5 Å². The fourth-order valence-corrected chi connectivity index (χ4v) is 3.79. The van der Waals surface area contributed by atoms with Crippen LogP contribution in [-0.4, -0.2) is 28.2 Å². The molecule has 0 saturated heterocycles. The summed E-state index contributed by atoms with van der Waals surface area (Å²) in [4.78, 5) is 26.2. The number of benzene rings is 2. The lowest BCUT2D eigenvalue weighted by Crippen LogP contribution is -2.51. The smallest absolute Gasteiger partial charge is 0.380 e. The van der Waals surface area contributed by atoms with Crippen LogP contribution in [0.4, 0.5) is 13.2 Å². The van der Waals surface area contributed by atoms with E-state index in [4.69, 9.17) is 0 Å². The molecule has 1 heterocycles. The number of nitrogens with one attached hydrogen (secondary N) is 1. The first kappa shape index (κ1) is 21.8. The zero-order chi connectivity index (χ0) is 22.2. The van der Waals surface area contributed by atoms with Crippen molar-refractivity contribution in [1.29, 1.82) is 0 Å². The van der Waals surface area contributed by atoms with E-state index >= 15 is 0 Å². The number of carbonyl (C=O) groups excluding carboxylic acids is 1. The predicted molar refractivity (Wildman–Crippen MR) is 109 cm³/mol. The van der Waals surface area contributed by atoms with E-state index in [-0.39, 0.29) is 5.69 Å². The largest absolute Gasteiger partial charge is 0.417 e. The lowest BCUT2D eigenvalue weighted by atomic mass is 9.73. The lowest BCUT2D eigenvalue weighted by Gasteiger charge is -2.38. The third kappa shape index (κ3) is 4.31. The van der Waals surface area contributed by atoms with Gasteiger partial charge in [0.1, 0.15) is 6.29 Å². The van der Waals surface area contributed by atoms with Gasteiger partial charge in [-0.2, -0.15) is 13.2 Å². The maximum Gasteiger partial charge on any atom is 0.417 e. The van der Waals surface area contributed by atoms with Crippen LogP contribution in [0, 0.1) is 0 Å². The van der Waals surface area contributed by atoms with Crippen LogP contribution >= 0.6 is 0 Å². The second kappa shape index (κ2) is 7.72. The van der Waals surface area contributed by atoms with Gasteiger partial charge in [0.15, 0.2) is 11.0 Å². The Kier molecular flexibility index (Phi) is 5.60. The van der Waals surface area contributed by atoms with E-state index in [9.17, 15) is 27.9 Å². The van der Waals surface area contributed by atoms with Gasteiger partial charge in [-0.1, -0.05) is 44.2 Å². The van der Waals surface area contributed by atoms with Crippen molar-refractivity contribution in [2.75, 3.05) is 0 Å². The number of hydrogen-bond donors (Lipinski definition) is 2. The Hall–Kier alpha value is -2.93. The molecule has 0 spiro atoms. The number of aromatic nitrogens is 1. The van der Waals surface area contributed by atoms with Gasteiger partial charge in [-0.3, -0.25) is 9.59 Å². The summed E-state index contributed by atoms with van der Waals surface area (Å²) in [6, 6.07) is 13.9. The molecule has 0 aliphatic carbocycles. The first-order valence-corrected chi connectivity index (χ1v) is 9.41. The maximum atomic E-state index is 14.0. The van der Waals surface area contributed by atoms with Crippen molar-refractivity contribution in [3.8, 4) is 0 Å². The van der Waals surface area contributed by atoms with Crippen LogP contribution in [0.1, 0.15) is 41.9 Å². The normalized spacial score (nSPS) is 14.5. The number of halogens is 3. The molecule has 7 heteroatoms. The molecule has 3 rings (SSSR count). The molecule has 0 fully saturated rings. The molecule has 4 nitrogen and oxygen atoms in total. The number of aromatic amines is 1. The van der Waals surface area contributed by atoms with Crippen molar-refractivity contribution in [2.45, 2.75) is 43.9 Å². The number of fused-ring (bicyclic) bond motifs is 1. The first-order chi connectivity index (χ1) is 13.9. The Morgan fingerprint density at radius 1 is 1.03 bits per heavy atom. The van der Waals surface area contributed by atoms with Gasteiger partial charge < -0.3 is 10.1 Å². The molecule has 1 atom stereocenters. The van der Waals surface area contributed by atoms with Gasteiger partial charge in [0.25, 0.3) is 0 Å². The van der Waals surface area contributed by atoms with Crippen molar-refractivity contribution in [3.05, 3.63) is 81.6 Å². The van der Waals surface area contributed by atoms with Gasteiger partial charge in [-0.15, -0.1) is 0 Å². The van der Waals surface area contributed by atoms with E-state index in [0.717, 1.165) is 6.07 Å². The van der Waals surface area contributed by atoms with E-state index in [0.29, 0.717) is 28.3 Å². The van der Waals surface area contributed by atoms with Gasteiger partial charge in [0.2, 0.25) is 0 Å². The van der Waals surface area contributed by atoms with Crippen molar-refractivity contribution in [2.24, 2.45) is 0 Å². The van der Waals surface area contributed by atoms with Gasteiger partial charge in [0.05, 0.1) is 0 Å². The summed E-state index contributed by atoms with van der Waals surface area (Å²) in [5.74, 6) is 0. The summed E-state index contributed by atoms with van der Waals surface area (Å²) in [5, 5.41) is 11.1. The first-order valence-electron chi connectivity index (χ1n) is 9.41. The van der Waals surface area contributed by atoms with Gasteiger partial charge >= 0.3 is 6.18 Å². The monoisotopic (exact) mass is 417 g/mol. The highest BCUT2D eigenvalue weighted by molar-refractivity contribution is 5.78. The van der Waals surface area contributed by atoms with Crippen LogP contribution in [0.3, 0.4) is 0 Å². The van der Waals surface area contributed by atoms with Crippen molar-refractivity contribution in [3.63, 3.8) is 0 Å². The molecule has 0 bridgehead atoms. The van der Waals surface area contributed by atoms with Crippen molar-refractivity contribution >= 4 is 17.2 Å². The summed E-state index contributed by atoms with van der Waals surface area (Å²) in [7, 11) is 0. The zero-order valence-electron chi connectivity index (χ0n) is 16.6. The number of para-hydroxylation sites is 1. The van der Waals surface area contributed by atoms with Crippen LogP contribution in [0.25, 0.3) is 10.9 Å². The molecule has 30 heavy (non-hydrogen) atoms. The van der Waals surface area contributed by atoms with E-state index in [1.807, 2.05) is 0 Å². The van der Waals surface area contributed by atoms with Crippen molar-refractivity contribution < 1.29 is 23.1 Å². The van der Waals surface area contributed by atoms with Crippen LogP contribution < -0.4 is 5.43 Å². The van der Waals surface area contributed by atoms with Gasteiger partial charge in [-0.05, 0) is 35.6 Å². The quantitative estimate of drug-likeness (QED) is 0.579. The molecule has 2 N–H and O–H groups in total. The summed E-state index contributed by atoms with van der Waals surface area (Å²) in [6.45, 7) is 3.16. The molecule has 0 aliphatic rings. The second-order valence-electron chi connectivity index (χ2n) is 8.21. The van der Waals surface area contributed by atoms with Crippen LogP contribution in [0.15, 0.2) is 59.4 Å². The third-order valence-electron chi connectivity index (χ3n) is 5.34. The highest BCUT2D eigenvalue weighted by atomic mass is 19.4. The SMILES string of the molecule is CC(C)(CC(O)(Cc1cc(=O)c2ccccc2[nH]1)C(F)(F)F)c1cccc(C=O)c1. The minimum Gasteiger partial charge on any atom is -0.380 e. The number of rotatable bonds is 6. The topological polar surface area (TPSA) is 70.2 Å². The number of hydrogen-bond acceptors (Lipinski definition) is 3. The maximum absolute atomic E-state index is 14.0. The molecule has 0 radical (unpaired) electrons. The molecule has 2 aromatic carbocycles. The number of alkyl halides is 3. The number of aliphatic hydroxyl groups is 1. The van der Waals surface area contributed by atoms with Gasteiger partial charge in [-0.25, -0.2) is 0 Å². The molecule has 3 aromatic rings. The highest BCUT2D eigenvalue weighted by Crippen LogP contribution is 2.42. The van der Waals surface area contributed by atoms with Crippen LogP contribution in [0.5, 0.6) is 0 Å². The van der Waals surface area contributed by atoms with E-state index in [2.05, 4.69) is 4.98 Å². The minimum absolute atomic E-state index is 0.00373. The number of carbonyl (C=O) groups is 1. The average molecular weight is 417 g/mol. The van der Waals surface area contributed by atoms with Crippen LogP contribution in [-0.2, 0) is 11.8 Å². The zero-order valence-corrected chi connectivity index (χ0v) is 16.6. The third-order valence-corrected chi connectivity index (χ3v) is 5.34. The summed E-state index contributed by atoms with van der Waals surface area (Å²) < 4.78 is 42.0. The Morgan fingerprint density at radius 3 is 2.40 bits per heavy atom. The Bertz CT molecular complexity index is 1130. The Morgan fingerprint density at radius 2 is 1.73 bits per heavy atom. The Labute approximate surface area is 171 Å².